The fraction of sp³-hybridized carbons (Fsp3) is 0.286. The molecule has 1 fully saturated rings. The Morgan fingerprint density at radius 2 is 1.81 bits per heavy atom. The Bertz CT molecular complexity index is 909. The molecule has 0 bridgehead atoms. The Kier molecular flexibility index (Phi) is 4.52. The van der Waals surface area contributed by atoms with Crippen molar-refractivity contribution in [3.05, 3.63) is 54.2 Å². The largest absolute Gasteiger partial charge is 0.497 e. The van der Waals surface area contributed by atoms with Crippen LogP contribution in [0, 0.1) is 0 Å². The van der Waals surface area contributed by atoms with E-state index in [1.54, 1.807) is 7.11 Å². The van der Waals surface area contributed by atoms with Crippen LogP contribution < -0.4 is 15.0 Å². The van der Waals surface area contributed by atoms with Crippen molar-refractivity contribution in [3.63, 3.8) is 0 Å². The average molecular weight is 349 g/mol. The van der Waals surface area contributed by atoms with E-state index in [1.165, 1.54) is 24.9 Å². The number of H-pyrrole nitrogens is 1. The molecule has 0 radical (unpaired) electrons. The lowest BCUT2D eigenvalue weighted by molar-refractivity contribution is 0.102. The van der Waals surface area contributed by atoms with Crippen LogP contribution in [0.1, 0.15) is 29.8 Å². The van der Waals surface area contributed by atoms with E-state index in [-0.39, 0.29) is 5.91 Å². The normalized spacial score (nSPS) is 14.4. The third-order valence-electron chi connectivity index (χ3n) is 4.92. The number of amides is 1. The monoisotopic (exact) mass is 349 g/mol. The number of carbonyl (C=O) groups is 1. The number of methoxy groups -OCH3 is 1. The number of aromatic nitrogens is 1. The van der Waals surface area contributed by atoms with Crippen molar-refractivity contribution < 1.29 is 9.53 Å². The number of fused-ring (bicyclic) bond motifs is 1. The molecule has 26 heavy (non-hydrogen) atoms. The van der Waals surface area contributed by atoms with Gasteiger partial charge < -0.3 is 19.9 Å². The molecule has 5 heteroatoms. The van der Waals surface area contributed by atoms with Crippen molar-refractivity contribution in [2.24, 2.45) is 0 Å². The molecule has 4 rings (SSSR count). The number of hydrogen-bond acceptors (Lipinski definition) is 3. The predicted molar refractivity (Wildman–Crippen MR) is 105 cm³/mol. The molecule has 0 unspecified atom stereocenters. The number of piperidine rings is 1. The molecule has 5 nitrogen and oxygen atoms in total. The second-order valence-electron chi connectivity index (χ2n) is 6.68. The minimum Gasteiger partial charge on any atom is -0.497 e. The Morgan fingerprint density at radius 1 is 1.04 bits per heavy atom. The van der Waals surface area contributed by atoms with E-state index < -0.39 is 0 Å². The Balaban J connectivity index is 1.47. The zero-order valence-corrected chi connectivity index (χ0v) is 14.9. The van der Waals surface area contributed by atoms with E-state index in [9.17, 15) is 4.79 Å². The van der Waals surface area contributed by atoms with Crippen molar-refractivity contribution in [2.75, 3.05) is 30.4 Å². The van der Waals surface area contributed by atoms with Crippen LogP contribution in [0.4, 0.5) is 11.4 Å². The number of aromatic amines is 1. The SMILES string of the molecule is COc1ccc2[nH]c(C(=O)Nc3ccc(N4CCCCC4)cc3)cc2c1. The fourth-order valence-corrected chi connectivity index (χ4v) is 3.47. The molecule has 2 N–H and O–H groups in total. The Morgan fingerprint density at radius 3 is 2.54 bits per heavy atom. The molecule has 3 aromatic rings. The maximum Gasteiger partial charge on any atom is 0.272 e. The third kappa shape index (κ3) is 3.38. The number of hydrogen-bond donors (Lipinski definition) is 2. The van der Waals surface area contributed by atoms with Crippen molar-refractivity contribution >= 4 is 28.2 Å². The smallest absolute Gasteiger partial charge is 0.272 e. The maximum absolute atomic E-state index is 12.5. The number of carbonyl (C=O) groups excluding carboxylic acids is 1. The van der Waals surface area contributed by atoms with Crippen molar-refractivity contribution in [3.8, 4) is 5.75 Å². The first-order valence-electron chi connectivity index (χ1n) is 9.06. The van der Waals surface area contributed by atoms with Crippen LogP contribution in [0.5, 0.6) is 5.75 Å². The van der Waals surface area contributed by atoms with Crippen LogP contribution in [-0.2, 0) is 0 Å². The Labute approximate surface area is 153 Å². The number of ether oxygens (including phenoxy) is 1. The highest BCUT2D eigenvalue weighted by Crippen LogP contribution is 2.24. The standard InChI is InChI=1S/C21H23N3O2/c1-26-18-9-10-19-15(13-18)14-20(23-19)21(25)22-16-5-7-17(8-6-16)24-11-3-2-4-12-24/h5-10,13-14,23H,2-4,11-12H2,1H3,(H,22,25). The zero-order valence-electron chi connectivity index (χ0n) is 14.9. The molecular weight excluding hydrogens is 326 g/mol. The summed E-state index contributed by atoms with van der Waals surface area (Å²) in [5.74, 6) is 0.627. The molecule has 2 aromatic carbocycles. The maximum atomic E-state index is 12.5. The minimum absolute atomic E-state index is 0.147. The van der Waals surface area contributed by atoms with Gasteiger partial charge in [0.25, 0.3) is 5.91 Å². The lowest BCUT2D eigenvalue weighted by Gasteiger charge is -2.28. The second kappa shape index (κ2) is 7.12. The van der Waals surface area contributed by atoms with Gasteiger partial charge in [-0.15, -0.1) is 0 Å². The van der Waals surface area contributed by atoms with Gasteiger partial charge in [-0.2, -0.15) is 0 Å². The molecule has 0 spiro atoms. The van der Waals surface area contributed by atoms with Crippen LogP contribution >= 0.6 is 0 Å². The van der Waals surface area contributed by atoms with Crippen molar-refractivity contribution in [1.82, 2.24) is 4.98 Å². The average Bonchev–Trinajstić information content (AvgIpc) is 3.12. The van der Waals surface area contributed by atoms with Crippen LogP contribution in [-0.4, -0.2) is 31.1 Å². The topological polar surface area (TPSA) is 57.4 Å². The van der Waals surface area contributed by atoms with Crippen molar-refractivity contribution in [1.29, 1.82) is 0 Å². The molecule has 1 aromatic heterocycles. The highest BCUT2D eigenvalue weighted by atomic mass is 16.5. The predicted octanol–water partition coefficient (Wildman–Crippen LogP) is 4.42. The summed E-state index contributed by atoms with van der Waals surface area (Å²) < 4.78 is 5.23. The molecule has 1 amide bonds. The highest BCUT2D eigenvalue weighted by molar-refractivity contribution is 6.06. The first-order chi connectivity index (χ1) is 12.7. The minimum atomic E-state index is -0.147. The quantitative estimate of drug-likeness (QED) is 0.733. The first kappa shape index (κ1) is 16.5. The van der Waals surface area contributed by atoms with Gasteiger partial charge in [0, 0.05) is 35.4 Å². The van der Waals surface area contributed by atoms with E-state index in [0.717, 1.165) is 35.4 Å². The summed E-state index contributed by atoms with van der Waals surface area (Å²) in [4.78, 5) is 18.1. The molecule has 1 aliphatic rings. The molecule has 2 heterocycles. The van der Waals surface area contributed by atoms with Gasteiger partial charge in [-0.3, -0.25) is 4.79 Å². The van der Waals surface area contributed by atoms with Gasteiger partial charge in [-0.25, -0.2) is 0 Å². The molecule has 1 aliphatic heterocycles. The molecule has 0 atom stereocenters. The number of nitrogens with one attached hydrogen (secondary N) is 2. The summed E-state index contributed by atoms with van der Waals surface area (Å²) in [6.45, 7) is 2.23. The lowest BCUT2D eigenvalue weighted by atomic mass is 10.1. The fourth-order valence-electron chi connectivity index (χ4n) is 3.47. The van der Waals surface area contributed by atoms with E-state index in [0.29, 0.717) is 5.69 Å². The summed E-state index contributed by atoms with van der Waals surface area (Å²) in [6, 6.07) is 15.6. The molecule has 0 saturated carbocycles. The Hall–Kier alpha value is -2.95. The summed E-state index contributed by atoms with van der Waals surface area (Å²) in [7, 11) is 1.63. The van der Waals surface area contributed by atoms with Gasteiger partial charge in [0.2, 0.25) is 0 Å². The summed E-state index contributed by atoms with van der Waals surface area (Å²) in [5.41, 5.74) is 3.47. The number of nitrogens with zero attached hydrogens (tertiary/aromatic N) is 1. The van der Waals surface area contributed by atoms with E-state index in [1.807, 2.05) is 36.4 Å². The summed E-state index contributed by atoms with van der Waals surface area (Å²) in [6.07, 6.45) is 3.83. The van der Waals surface area contributed by atoms with Crippen LogP contribution in [0.25, 0.3) is 10.9 Å². The van der Waals surface area contributed by atoms with E-state index >= 15 is 0 Å². The third-order valence-corrected chi connectivity index (χ3v) is 4.92. The van der Waals surface area contributed by atoms with Crippen LogP contribution in [0.3, 0.4) is 0 Å². The summed E-state index contributed by atoms with van der Waals surface area (Å²) in [5, 5.41) is 3.91. The molecule has 0 aliphatic carbocycles. The van der Waals surface area contributed by atoms with Crippen LogP contribution in [0.2, 0.25) is 0 Å². The second-order valence-corrected chi connectivity index (χ2v) is 6.68. The molecule has 134 valence electrons. The van der Waals surface area contributed by atoms with E-state index in [2.05, 4.69) is 27.3 Å². The number of benzene rings is 2. The summed E-state index contributed by atoms with van der Waals surface area (Å²) >= 11 is 0. The first-order valence-corrected chi connectivity index (χ1v) is 9.06. The van der Waals surface area contributed by atoms with Crippen molar-refractivity contribution in [2.45, 2.75) is 19.3 Å². The molecule has 1 saturated heterocycles. The highest BCUT2D eigenvalue weighted by Gasteiger charge is 2.13. The number of rotatable bonds is 4. The van der Waals surface area contributed by atoms with Crippen LogP contribution in [0.15, 0.2) is 48.5 Å². The zero-order chi connectivity index (χ0) is 17.9. The van der Waals surface area contributed by atoms with Gasteiger partial charge >= 0.3 is 0 Å². The van der Waals surface area contributed by atoms with Gasteiger partial charge in [-0.1, -0.05) is 0 Å². The van der Waals surface area contributed by atoms with Gasteiger partial charge in [0.15, 0.2) is 0 Å². The van der Waals surface area contributed by atoms with E-state index in [4.69, 9.17) is 4.74 Å². The molecular formula is C21H23N3O2. The van der Waals surface area contributed by atoms with Gasteiger partial charge in [0.05, 0.1) is 7.11 Å². The number of anilines is 2. The lowest BCUT2D eigenvalue weighted by Crippen LogP contribution is -2.29. The van der Waals surface area contributed by atoms with Gasteiger partial charge in [-0.05, 0) is 67.8 Å². The van der Waals surface area contributed by atoms with Gasteiger partial charge in [0.1, 0.15) is 11.4 Å².